The van der Waals surface area contributed by atoms with E-state index in [1.54, 1.807) is 60.7 Å². The predicted octanol–water partition coefficient (Wildman–Crippen LogP) is 7.24. The quantitative estimate of drug-likeness (QED) is 0.0460. The zero-order chi connectivity index (χ0) is 34.9. The molecule has 11 nitrogen and oxygen atoms in total. The lowest BCUT2D eigenvalue weighted by Crippen LogP contribution is -2.30. The molecule has 1 heterocycles. The second kappa shape index (κ2) is 16.2. The summed E-state index contributed by atoms with van der Waals surface area (Å²) < 4.78 is 5.04. The van der Waals surface area contributed by atoms with Crippen LogP contribution in [-0.2, 0) is 27.2 Å². The van der Waals surface area contributed by atoms with Crippen LogP contribution in [0.2, 0.25) is 0 Å². The Morgan fingerprint density at radius 3 is 2.45 bits per heavy atom. The minimum atomic E-state index is -0.702. The molecule has 5 rings (SSSR count). The standard InChI is InChI=1S/C36H34N4O7S2/c1-3-29(34(43)39-35-31(36(44)47-2)26-17-8-10-19-30(26)49-35)48-25-16-11-15-24(21-25)37-33(42)27(38-32(41)22-12-5-4-6-13-22)20-23-14-7-9-18-28(23)40(45)46/h4-7,9,11-16,18,20-21,29H,3,8,10,17,19H2,1-2H3,(H,37,42)(H,38,41)(H,39,43)/b27-20+. The highest BCUT2D eigenvalue weighted by Crippen LogP contribution is 2.39. The maximum atomic E-state index is 13.6. The number of carbonyl (C=O) groups excluding carboxylic acids is 4. The average Bonchev–Trinajstić information content (AvgIpc) is 3.48. The van der Waals surface area contributed by atoms with Gasteiger partial charge in [-0.15, -0.1) is 23.1 Å². The Hall–Kier alpha value is -5.27. The highest BCUT2D eigenvalue weighted by molar-refractivity contribution is 8.00. The molecule has 1 aliphatic rings. The summed E-state index contributed by atoms with van der Waals surface area (Å²) in [6, 6.07) is 21.1. The van der Waals surface area contributed by atoms with Crippen LogP contribution in [0.5, 0.6) is 0 Å². The maximum Gasteiger partial charge on any atom is 0.341 e. The predicted molar refractivity (Wildman–Crippen MR) is 191 cm³/mol. The normalized spacial score (nSPS) is 13.1. The number of methoxy groups -OCH3 is 1. The van der Waals surface area contributed by atoms with E-state index in [4.69, 9.17) is 4.74 Å². The number of thiophene rings is 1. The third-order valence-corrected chi connectivity index (χ3v) is 10.4. The molecule has 1 atom stereocenters. The fourth-order valence-electron chi connectivity index (χ4n) is 5.37. The number of nitro groups is 1. The lowest BCUT2D eigenvalue weighted by atomic mass is 9.95. The van der Waals surface area contributed by atoms with Gasteiger partial charge in [0.2, 0.25) is 5.91 Å². The van der Waals surface area contributed by atoms with Crippen molar-refractivity contribution in [1.29, 1.82) is 0 Å². The number of carbonyl (C=O) groups is 4. The number of aryl methyl sites for hydroxylation is 1. The van der Waals surface area contributed by atoms with Gasteiger partial charge in [0, 0.05) is 27.1 Å². The van der Waals surface area contributed by atoms with E-state index in [1.807, 2.05) is 6.92 Å². The monoisotopic (exact) mass is 698 g/mol. The maximum absolute atomic E-state index is 13.6. The lowest BCUT2D eigenvalue weighted by Gasteiger charge is -2.16. The van der Waals surface area contributed by atoms with E-state index in [-0.39, 0.29) is 22.9 Å². The first-order valence-corrected chi connectivity index (χ1v) is 17.3. The van der Waals surface area contributed by atoms with Gasteiger partial charge in [-0.1, -0.05) is 43.3 Å². The summed E-state index contributed by atoms with van der Waals surface area (Å²) in [6.45, 7) is 1.89. The Bertz CT molecular complexity index is 1920. The van der Waals surface area contributed by atoms with Gasteiger partial charge < -0.3 is 20.7 Å². The zero-order valence-corrected chi connectivity index (χ0v) is 28.5. The van der Waals surface area contributed by atoms with E-state index < -0.39 is 28.0 Å². The summed E-state index contributed by atoms with van der Waals surface area (Å²) in [7, 11) is 1.33. The zero-order valence-electron chi connectivity index (χ0n) is 26.8. The van der Waals surface area contributed by atoms with E-state index >= 15 is 0 Å². The third-order valence-electron chi connectivity index (χ3n) is 7.79. The first kappa shape index (κ1) is 35.0. The minimum absolute atomic E-state index is 0.133. The van der Waals surface area contributed by atoms with Crippen LogP contribution in [0.1, 0.15) is 62.9 Å². The molecule has 0 saturated heterocycles. The Morgan fingerprint density at radius 2 is 1.71 bits per heavy atom. The molecule has 3 N–H and O–H groups in total. The van der Waals surface area contributed by atoms with Crippen molar-refractivity contribution >= 4 is 69.2 Å². The summed E-state index contributed by atoms with van der Waals surface area (Å²) in [5.74, 6) is -1.99. The average molecular weight is 699 g/mol. The molecule has 1 unspecified atom stereocenters. The van der Waals surface area contributed by atoms with Crippen LogP contribution in [0.4, 0.5) is 16.4 Å². The number of nitrogens with one attached hydrogen (secondary N) is 3. The summed E-state index contributed by atoms with van der Waals surface area (Å²) in [5.41, 5.74) is 1.77. The molecule has 4 aromatic rings. The van der Waals surface area contributed by atoms with Crippen molar-refractivity contribution in [3.05, 3.63) is 122 Å². The fourth-order valence-corrected chi connectivity index (χ4v) is 7.66. The number of hydrogen-bond donors (Lipinski definition) is 3. The number of ether oxygens (including phenoxy) is 1. The van der Waals surface area contributed by atoms with Gasteiger partial charge in [0.15, 0.2) is 0 Å². The first-order chi connectivity index (χ1) is 23.7. The second-order valence-electron chi connectivity index (χ2n) is 11.1. The number of anilines is 2. The Labute approximate surface area is 291 Å². The number of thioether (sulfide) groups is 1. The number of nitro benzene ring substituents is 1. The van der Waals surface area contributed by atoms with Crippen molar-refractivity contribution in [3.8, 4) is 0 Å². The molecule has 49 heavy (non-hydrogen) atoms. The molecule has 1 aliphatic carbocycles. The minimum Gasteiger partial charge on any atom is -0.465 e. The van der Waals surface area contributed by atoms with E-state index in [2.05, 4.69) is 16.0 Å². The Balaban J connectivity index is 1.34. The number of rotatable bonds is 12. The number of benzene rings is 3. The van der Waals surface area contributed by atoms with E-state index in [9.17, 15) is 29.3 Å². The Morgan fingerprint density at radius 1 is 0.980 bits per heavy atom. The number of esters is 1. The van der Waals surface area contributed by atoms with Crippen molar-refractivity contribution in [3.63, 3.8) is 0 Å². The van der Waals surface area contributed by atoms with E-state index in [0.717, 1.165) is 36.1 Å². The molecule has 0 radical (unpaired) electrons. The van der Waals surface area contributed by atoms with Crippen LogP contribution >= 0.6 is 23.1 Å². The SMILES string of the molecule is CCC(Sc1cccc(NC(=O)/C(=C\c2ccccc2[N+](=O)[O-])NC(=O)c2ccccc2)c1)C(=O)Nc1sc2c(c1C(=O)OC)CCCC2. The summed E-state index contributed by atoms with van der Waals surface area (Å²) in [6.07, 6.45) is 5.38. The molecule has 0 aliphatic heterocycles. The molecule has 13 heteroatoms. The second-order valence-corrected chi connectivity index (χ2v) is 13.5. The van der Waals surface area contributed by atoms with Crippen molar-refractivity contribution in [2.45, 2.75) is 49.2 Å². The molecular weight excluding hydrogens is 665 g/mol. The molecular formula is C36H34N4O7S2. The van der Waals surface area contributed by atoms with Gasteiger partial charge in [-0.05, 0) is 80.1 Å². The molecule has 3 aromatic carbocycles. The van der Waals surface area contributed by atoms with Crippen LogP contribution in [0.15, 0.2) is 89.5 Å². The number of nitrogens with zero attached hydrogens (tertiary/aromatic N) is 1. The van der Waals surface area contributed by atoms with Gasteiger partial charge in [-0.3, -0.25) is 24.5 Å². The van der Waals surface area contributed by atoms with Gasteiger partial charge in [-0.2, -0.15) is 0 Å². The third kappa shape index (κ3) is 8.61. The van der Waals surface area contributed by atoms with Crippen molar-refractivity contribution < 1.29 is 28.8 Å². The van der Waals surface area contributed by atoms with E-state index in [1.165, 1.54) is 54.5 Å². The molecule has 0 saturated carbocycles. The molecule has 0 fully saturated rings. The molecule has 0 spiro atoms. The molecule has 252 valence electrons. The van der Waals surface area contributed by atoms with Crippen molar-refractivity contribution in [2.75, 3.05) is 17.7 Å². The van der Waals surface area contributed by atoms with Crippen LogP contribution in [-0.4, -0.2) is 41.0 Å². The van der Waals surface area contributed by atoms with Gasteiger partial charge in [0.1, 0.15) is 10.7 Å². The highest BCUT2D eigenvalue weighted by Gasteiger charge is 2.29. The smallest absolute Gasteiger partial charge is 0.341 e. The lowest BCUT2D eigenvalue weighted by molar-refractivity contribution is -0.385. The van der Waals surface area contributed by atoms with Crippen molar-refractivity contribution in [2.24, 2.45) is 0 Å². The number of fused-ring (bicyclic) bond motifs is 1. The van der Waals surface area contributed by atoms with Gasteiger partial charge in [0.05, 0.1) is 28.4 Å². The largest absolute Gasteiger partial charge is 0.465 e. The topological polar surface area (TPSA) is 157 Å². The first-order valence-electron chi connectivity index (χ1n) is 15.6. The number of amides is 3. The van der Waals surface area contributed by atoms with Gasteiger partial charge >= 0.3 is 5.97 Å². The van der Waals surface area contributed by atoms with Crippen LogP contribution in [0, 0.1) is 10.1 Å². The highest BCUT2D eigenvalue weighted by atomic mass is 32.2. The number of hydrogen-bond acceptors (Lipinski definition) is 9. The Kier molecular flexibility index (Phi) is 11.6. The molecule has 3 amide bonds. The van der Waals surface area contributed by atoms with Crippen LogP contribution < -0.4 is 16.0 Å². The molecule has 1 aromatic heterocycles. The number of para-hydroxylation sites is 1. The molecule has 0 bridgehead atoms. The van der Waals surface area contributed by atoms with Crippen LogP contribution in [0.25, 0.3) is 6.08 Å². The van der Waals surface area contributed by atoms with E-state index in [0.29, 0.717) is 33.1 Å². The van der Waals surface area contributed by atoms with Crippen LogP contribution in [0.3, 0.4) is 0 Å². The van der Waals surface area contributed by atoms with Gasteiger partial charge in [-0.25, -0.2) is 4.79 Å². The summed E-state index contributed by atoms with van der Waals surface area (Å²) in [5, 5.41) is 20.0. The fraction of sp³-hybridized carbons (Fsp3) is 0.222. The van der Waals surface area contributed by atoms with Crippen molar-refractivity contribution in [1.82, 2.24) is 5.32 Å². The summed E-state index contributed by atoms with van der Waals surface area (Å²) in [4.78, 5) is 65.7. The summed E-state index contributed by atoms with van der Waals surface area (Å²) >= 11 is 2.73. The van der Waals surface area contributed by atoms with Gasteiger partial charge in [0.25, 0.3) is 17.5 Å².